The minimum Gasteiger partial charge on any atom is -0.457 e. The second kappa shape index (κ2) is 2.98. The van der Waals surface area contributed by atoms with E-state index in [1.807, 2.05) is 32.0 Å². The average molecular weight is 214 g/mol. The molecule has 0 saturated carbocycles. The lowest BCUT2D eigenvalue weighted by atomic mass is 10.1. The molecule has 3 aromatic rings. The van der Waals surface area contributed by atoms with Crippen LogP contribution in [0.3, 0.4) is 0 Å². The van der Waals surface area contributed by atoms with Crippen LogP contribution in [0.1, 0.15) is 11.3 Å². The molecule has 0 bridgehead atoms. The third-order valence-corrected chi connectivity index (χ3v) is 2.73. The van der Waals surface area contributed by atoms with E-state index in [4.69, 9.17) is 8.83 Å². The summed E-state index contributed by atoms with van der Waals surface area (Å²) < 4.78 is 10.8. The van der Waals surface area contributed by atoms with E-state index in [1.54, 1.807) is 0 Å². The van der Waals surface area contributed by atoms with Gasteiger partial charge in [-0.15, -0.1) is 0 Å². The molecule has 0 unspecified atom stereocenters. The van der Waals surface area contributed by atoms with Gasteiger partial charge in [0.15, 0.2) is 11.2 Å². The van der Waals surface area contributed by atoms with E-state index in [-0.39, 0.29) is 5.63 Å². The minimum absolute atomic E-state index is 0.341. The Morgan fingerprint density at radius 1 is 1.00 bits per heavy atom. The molecule has 3 rings (SSSR count). The Kier molecular flexibility index (Phi) is 1.72. The highest BCUT2D eigenvalue weighted by Gasteiger charge is 2.10. The van der Waals surface area contributed by atoms with Crippen molar-refractivity contribution in [1.82, 2.24) is 0 Å². The number of rotatable bonds is 0. The molecule has 0 spiro atoms. The standard InChI is InChI=1S/C13H10O3/c1-7-5-11(14)16-13-10(7)4-3-9-6-8(2)15-12(9)13/h3-6H,1-2H3. The molecule has 0 saturated heterocycles. The Balaban J connectivity index is 2.63. The maximum absolute atomic E-state index is 11.3. The Morgan fingerprint density at radius 3 is 2.62 bits per heavy atom. The summed E-state index contributed by atoms with van der Waals surface area (Å²) in [5.74, 6) is 0.812. The zero-order valence-corrected chi connectivity index (χ0v) is 9.03. The van der Waals surface area contributed by atoms with Crippen LogP contribution in [0, 0.1) is 13.8 Å². The summed E-state index contributed by atoms with van der Waals surface area (Å²) in [5, 5.41) is 1.88. The van der Waals surface area contributed by atoms with Gasteiger partial charge >= 0.3 is 5.63 Å². The zero-order chi connectivity index (χ0) is 11.3. The van der Waals surface area contributed by atoms with Crippen LogP contribution >= 0.6 is 0 Å². The van der Waals surface area contributed by atoms with Crippen molar-refractivity contribution in [3.63, 3.8) is 0 Å². The summed E-state index contributed by atoms with van der Waals surface area (Å²) in [7, 11) is 0. The molecule has 2 heterocycles. The first kappa shape index (κ1) is 9.21. The molecule has 0 atom stereocenters. The summed E-state index contributed by atoms with van der Waals surface area (Å²) in [5.41, 5.74) is 1.75. The molecule has 2 aromatic heterocycles. The van der Waals surface area contributed by atoms with Gasteiger partial charge in [-0.1, -0.05) is 12.1 Å². The molecule has 3 nitrogen and oxygen atoms in total. The Hall–Kier alpha value is -2.03. The number of benzene rings is 1. The predicted octanol–water partition coefficient (Wildman–Crippen LogP) is 3.16. The first-order chi connectivity index (χ1) is 7.65. The van der Waals surface area contributed by atoms with Crippen LogP contribution in [-0.4, -0.2) is 0 Å². The van der Waals surface area contributed by atoms with E-state index >= 15 is 0 Å². The molecule has 80 valence electrons. The van der Waals surface area contributed by atoms with E-state index in [9.17, 15) is 4.79 Å². The molecule has 0 N–H and O–H groups in total. The third-order valence-electron chi connectivity index (χ3n) is 2.73. The molecule has 0 amide bonds. The van der Waals surface area contributed by atoms with E-state index in [2.05, 4.69) is 0 Å². The first-order valence-electron chi connectivity index (χ1n) is 5.09. The lowest BCUT2D eigenvalue weighted by Gasteiger charge is -1.99. The first-order valence-corrected chi connectivity index (χ1v) is 5.09. The van der Waals surface area contributed by atoms with E-state index < -0.39 is 0 Å². The van der Waals surface area contributed by atoms with Crippen molar-refractivity contribution in [3.8, 4) is 0 Å². The van der Waals surface area contributed by atoms with Gasteiger partial charge in [0, 0.05) is 16.8 Å². The van der Waals surface area contributed by atoms with E-state index in [1.165, 1.54) is 6.07 Å². The summed E-state index contributed by atoms with van der Waals surface area (Å²) in [4.78, 5) is 11.3. The fourth-order valence-corrected chi connectivity index (χ4v) is 2.00. The molecule has 0 fully saturated rings. The Morgan fingerprint density at radius 2 is 1.81 bits per heavy atom. The highest BCUT2D eigenvalue weighted by molar-refractivity contribution is 6.01. The summed E-state index contributed by atoms with van der Waals surface area (Å²) >= 11 is 0. The van der Waals surface area contributed by atoms with Crippen molar-refractivity contribution >= 4 is 21.9 Å². The van der Waals surface area contributed by atoms with E-state index in [0.29, 0.717) is 11.2 Å². The van der Waals surface area contributed by atoms with Crippen LogP contribution in [-0.2, 0) is 0 Å². The van der Waals surface area contributed by atoms with Gasteiger partial charge in [-0.25, -0.2) is 4.79 Å². The molecule has 16 heavy (non-hydrogen) atoms. The maximum Gasteiger partial charge on any atom is 0.336 e. The largest absolute Gasteiger partial charge is 0.457 e. The summed E-state index contributed by atoms with van der Waals surface area (Å²) in [6.07, 6.45) is 0. The van der Waals surface area contributed by atoms with Crippen molar-refractivity contribution < 1.29 is 8.83 Å². The minimum atomic E-state index is -0.341. The van der Waals surface area contributed by atoms with Gasteiger partial charge in [-0.2, -0.15) is 0 Å². The van der Waals surface area contributed by atoms with Crippen molar-refractivity contribution in [3.05, 3.63) is 46.0 Å². The molecule has 3 heteroatoms. The number of fused-ring (bicyclic) bond motifs is 3. The third kappa shape index (κ3) is 1.18. The van der Waals surface area contributed by atoms with Gasteiger partial charge in [-0.05, 0) is 25.5 Å². The van der Waals surface area contributed by atoms with Crippen LogP contribution in [0.5, 0.6) is 0 Å². The van der Waals surface area contributed by atoms with Crippen molar-refractivity contribution in [2.75, 3.05) is 0 Å². The molecule has 0 radical (unpaired) electrons. The van der Waals surface area contributed by atoms with Gasteiger partial charge < -0.3 is 8.83 Å². The van der Waals surface area contributed by atoms with E-state index in [0.717, 1.165) is 22.1 Å². The van der Waals surface area contributed by atoms with Crippen molar-refractivity contribution in [2.24, 2.45) is 0 Å². The van der Waals surface area contributed by atoms with Crippen LogP contribution in [0.15, 0.2) is 37.9 Å². The lowest BCUT2D eigenvalue weighted by molar-refractivity contribution is 0.536. The van der Waals surface area contributed by atoms with Gasteiger partial charge in [0.1, 0.15) is 5.76 Å². The van der Waals surface area contributed by atoms with Gasteiger partial charge in [0.05, 0.1) is 0 Å². The number of aryl methyl sites for hydroxylation is 2. The fourth-order valence-electron chi connectivity index (χ4n) is 2.00. The van der Waals surface area contributed by atoms with Gasteiger partial charge in [0.25, 0.3) is 0 Å². The second-order valence-corrected chi connectivity index (χ2v) is 3.97. The monoisotopic (exact) mass is 214 g/mol. The maximum atomic E-state index is 11.3. The number of hydrogen-bond acceptors (Lipinski definition) is 3. The highest BCUT2D eigenvalue weighted by atomic mass is 16.4. The van der Waals surface area contributed by atoms with Crippen LogP contribution < -0.4 is 5.63 Å². The van der Waals surface area contributed by atoms with Crippen molar-refractivity contribution in [1.29, 1.82) is 0 Å². The van der Waals surface area contributed by atoms with Crippen LogP contribution in [0.4, 0.5) is 0 Å². The molecule has 1 aromatic carbocycles. The summed E-state index contributed by atoms with van der Waals surface area (Å²) in [6, 6.07) is 7.34. The molecule has 0 aliphatic heterocycles. The normalized spacial score (nSPS) is 11.4. The van der Waals surface area contributed by atoms with Crippen LogP contribution in [0.2, 0.25) is 0 Å². The predicted molar refractivity (Wildman–Crippen MR) is 61.7 cm³/mol. The quantitative estimate of drug-likeness (QED) is 0.540. The average Bonchev–Trinajstić information content (AvgIpc) is 2.58. The lowest BCUT2D eigenvalue weighted by Crippen LogP contribution is -1.97. The Labute approximate surface area is 91.3 Å². The summed E-state index contributed by atoms with van der Waals surface area (Å²) in [6.45, 7) is 3.76. The topological polar surface area (TPSA) is 43.4 Å². The molecular formula is C13H10O3. The fraction of sp³-hybridized carbons (Fsp3) is 0.154. The second-order valence-electron chi connectivity index (χ2n) is 3.97. The smallest absolute Gasteiger partial charge is 0.336 e. The highest BCUT2D eigenvalue weighted by Crippen LogP contribution is 2.28. The molecule has 0 aliphatic carbocycles. The van der Waals surface area contributed by atoms with Crippen LogP contribution in [0.25, 0.3) is 21.9 Å². The number of furan rings is 1. The Bertz CT molecular complexity index is 747. The van der Waals surface area contributed by atoms with Gasteiger partial charge in [-0.3, -0.25) is 0 Å². The number of hydrogen-bond donors (Lipinski definition) is 0. The zero-order valence-electron chi connectivity index (χ0n) is 9.03. The van der Waals surface area contributed by atoms with Crippen molar-refractivity contribution in [2.45, 2.75) is 13.8 Å². The molecular weight excluding hydrogens is 204 g/mol. The van der Waals surface area contributed by atoms with Gasteiger partial charge in [0.2, 0.25) is 0 Å². The SMILES string of the molecule is Cc1cc2ccc3c(C)cc(=O)oc3c2o1. The molecule has 0 aliphatic rings.